The van der Waals surface area contributed by atoms with E-state index in [1.54, 1.807) is 18.5 Å². The molecule has 28 heavy (non-hydrogen) atoms. The molecule has 0 N–H and O–H groups in total. The summed E-state index contributed by atoms with van der Waals surface area (Å²) in [5.41, 5.74) is 0. The fourth-order valence-corrected chi connectivity index (χ4v) is 5.23. The second kappa shape index (κ2) is 9.04. The maximum absolute atomic E-state index is 12.4. The molecule has 2 saturated carbocycles. The lowest BCUT2D eigenvalue weighted by atomic mass is 9.82. The van der Waals surface area contributed by atoms with Crippen LogP contribution in [0.2, 0.25) is 0 Å². The Kier molecular flexibility index (Phi) is 6.46. The Balaban J connectivity index is 1.12. The first kappa shape index (κ1) is 20.0. The number of pyridine rings is 1. The summed E-state index contributed by atoms with van der Waals surface area (Å²) in [6.45, 7) is 2.62. The van der Waals surface area contributed by atoms with E-state index in [0.29, 0.717) is 24.3 Å². The zero-order valence-electron chi connectivity index (χ0n) is 16.8. The molecule has 3 fully saturated rings. The Labute approximate surface area is 171 Å². The molecule has 0 radical (unpaired) electrons. The molecule has 5 nitrogen and oxygen atoms in total. The summed E-state index contributed by atoms with van der Waals surface area (Å²) in [5.74, 6) is 4.07. The average Bonchev–Trinajstić information content (AvgIpc) is 3.44. The molecule has 4 rings (SSSR count). The summed E-state index contributed by atoms with van der Waals surface area (Å²) in [7, 11) is 0. The van der Waals surface area contributed by atoms with Crippen LogP contribution in [0, 0.1) is 23.7 Å². The predicted molar refractivity (Wildman–Crippen MR) is 110 cm³/mol. The van der Waals surface area contributed by atoms with Gasteiger partial charge in [0.25, 0.3) is 0 Å². The number of piperidine rings is 1. The van der Waals surface area contributed by atoms with Gasteiger partial charge in [0.2, 0.25) is 11.8 Å². The zero-order valence-corrected chi connectivity index (χ0v) is 17.7. The fraction of sp³-hybridized carbons (Fsp3) is 0.727. The van der Waals surface area contributed by atoms with E-state index in [9.17, 15) is 9.35 Å². The molecule has 3 unspecified atom stereocenters. The second-order valence-corrected chi connectivity index (χ2v) is 10.2. The molecule has 3 atom stereocenters. The molecule has 2 heterocycles. The van der Waals surface area contributed by atoms with Gasteiger partial charge in [-0.1, -0.05) is 6.42 Å². The molecule has 1 aliphatic heterocycles. The van der Waals surface area contributed by atoms with Crippen molar-refractivity contribution in [1.29, 1.82) is 0 Å². The van der Waals surface area contributed by atoms with Gasteiger partial charge in [-0.3, -0.25) is 4.79 Å². The Hall–Kier alpha value is -1.27. The summed E-state index contributed by atoms with van der Waals surface area (Å²) in [6.07, 6.45) is 12.6. The molecule has 1 saturated heterocycles. The van der Waals surface area contributed by atoms with E-state index in [1.165, 1.54) is 38.5 Å². The van der Waals surface area contributed by atoms with E-state index < -0.39 is 11.2 Å². The number of aromatic nitrogens is 1. The van der Waals surface area contributed by atoms with E-state index in [4.69, 9.17) is 4.74 Å². The van der Waals surface area contributed by atoms with Crippen molar-refractivity contribution in [2.24, 2.45) is 23.7 Å². The molecular weight excluding hydrogens is 372 g/mol. The minimum atomic E-state index is -0.997. The van der Waals surface area contributed by atoms with Crippen molar-refractivity contribution in [3.05, 3.63) is 18.3 Å². The smallest absolute Gasteiger partial charge is 0.222 e. The summed E-state index contributed by atoms with van der Waals surface area (Å²) in [6, 6.07) is 3.62. The SMILES string of the molecule is C[S+]([O-])c1ccc(OCCC2CC2C2CCN(C(=O)CC3CCC3)CC2)nc1. The molecule has 6 heteroatoms. The fourth-order valence-electron chi connectivity index (χ4n) is 4.77. The number of ether oxygens (including phenoxy) is 1. The maximum atomic E-state index is 12.4. The topological polar surface area (TPSA) is 65.5 Å². The summed E-state index contributed by atoms with van der Waals surface area (Å²) >= 11 is -0.997. The van der Waals surface area contributed by atoms with Gasteiger partial charge >= 0.3 is 0 Å². The van der Waals surface area contributed by atoms with Gasteiger partial charge in [0.1, 0.15) is 6.26 Å². The van der Waals surface area contributed by atoms with Gasteiger partial charge in [0, 0.05) is 31.6 Å². The van der Waals surface area contributed by atoms with Crippen molar-refractivity contribution >= 4 is 17.1 Å². The van der Waals surface area contributed by atoms with Crippen LogP contribution in [0.5, 0.6) is 5.88 Å². The Bertz CT molecular complexity index is 654. The largest absolute Gasteiger partial charge is 0.612 e. The highest BCUT2D eigenvalue weighted by Gasteiger charge is 2.43. The van der Waals surface area contributed by atoms with Crippen molar-refractivity contribution in [1.82, 2.24) is 9.88 Å². The quantitative estimate of drug-likeness (QED) is 0.620. The number of nitrogens with zero attached hydrogens (tertiary/aromatic N) is 2. The third kappa shape index (κ3) is 5.01. The van der Waals surface area contributed by atoms with Crippen LogP contribution in [0.25, 0.3) is 0 Å². The maximum Gasteiger partial charge on any atom is 0.222 e. The Morgan fingerprint density at radius 3 is 2.68 bits per heavy atom. The highest BCUT2D eigenvalue weighted by molar-refractivity contribution is 7.90. The van der Waals surface area contributed by atoms with E-state index in [-0.39, 0.29) is 0 Å². The number of carbonyl (C=O) groups is 1. The molecule has 1 aromatic rings. The van der Waals surface area contributed by atoms with Gasteiger partial charge in [-0.25, -0.2) is 4.98 Å². The lowest BCUT2D eigenvalue weighted by molar-refractivity contribution is -0.134. The minimum Gasteiger partial charge on any atom is -0.612 e. The van der Waals surface area contributed by atoms with E-state index in [0.717, 1.165) is 48.6 Å². The summed E-state index contributed by atoms with van der Waals surface area (Å²) < 4.78 is 17.2. The van der Waals surface area contributed by atoms with Crippen molar-refractivity contribution in [3.63, 3.8) is 0 Å². The molecule has 0 aromatic carbocycles. The second-order valence-electron chi connectivity index (χ2n) is 8.80. The van der Waals surface area contributed by atoms with Crippen LogP contribution in [0.4, 0.5) is 0 Å². The molecule has 0 spiro atoms. The van der Waals surface area contributed by atoms with Gasteiger partial charge in [-0.05, 0) is 73.4 Å². The molecule has 154 valence electrons. The van der Waals surface area contributed by atoms with Crippen LogP contribution in [-0.4, -0.2) is 46.3 Å². The Morgan fingerprint density at radius 1 is 1.29 bits per heavy atom. The van der Waals surface area contributed by atoms with E-state index in [2.05, 4.69) is 9.88 Å². The van der Waals surface area contributed by atoms with Crippen molar-refractivity contribution in [2.75, 3.05) is 26.0 Å². The number of hydrogen-bond acceptors (Lipinski definition) is 4. The lowest BCUT2D eigenvalue weighted by Crippen LogP contribution is -2.40. The predicted octanol–water partition coefficient (Wildman–Crippen LogP) is 3.65. The number of carbonyl (C=O) groups excluding carboxylic acids is 1. The van der Waals surface area contributed by atoms with Crippen LogP contribution in [0.3, 0.4) is 0 Å². The minimum absolute atomic E-state index is 0.398. The monoisotopic (exact) mass is 404 g/mol. The summed E-state index contributed by atoms with van der Waals surface area (Å²) in [4.78, 5) is 19.5. The summed E-state index contributed by atoms with van der Waals surface area (Å²) in [5, 5.41) is 0. The van der Waals surface area contributed by atoms with E-state index in [1.807, 2.05) is 6.07 Å². The third-order valence-corrected chi connectivity index (χ3v) is 7.85. The molecule has 0 bridgehead atoms. The highest BCUT2D eigenvalue weighted by atomic mass is 32.2. The van der Waals surface area contributed by atoms with E-state index >= 15 is 0 Å². The highest BCUT2D eigenvalue weighted by Crippen LogP contribution is 2.49. The van der Waals surface area contributed by atoms with Crippen LogP contribution < -0.4 is 4.74 Å². The molecule has 1 aromatic heterocycles. The van der Waals surface area contributed by atoms with Crippen molar-refractivity contribution in [3.8, 4) is 5.88 Å². The molecule has 2 aliphatic carbocycles. The normalized spacial score (nSPS) is 26.6. The van der Waals surface area contributed by atoms with Crippen LogP contribution >= 0.6 is 0 Å². The lowest BCUT2D eigenvalue weighted by Gasteiger charge is -2.34. The van der Waals surface area contributed by atoms with Crippen LogP contribution in [0.15, 0.2) is 23.2 Å². The van der Waals surface area contributed by atoms with Gasteiger partial charge < -0.3 is 14.2 Å². The number of likely N-dealkylation sites (tertiary alicyclic amines) is 1. The van der Waals surface area contributed by atoms with Crippen LogP contribution in [0.1, 0.15) is 51.4 Å². The van der Waals surface area contributed by atoms with Crippen molar-refractivity contribution < 1.29 is 14.1 Å². The van der Waals surface area contributed by atoms with Gasteiger partial charge in [-0.15, -0.1) is 0 Å². The third-order valence-electron chi connectivity index (χ3n) is 6.94. The first-order valence-electron chi connectivity index (χ1n) is 10.8. The standard InChI is InChI=1S/C22H32N2O3S/c1-28(26)19-5-6-21(23-15-19)27-12-9-18-14-20(18)17-7-10-24(11-8-17)22(25)13-16-3-2-4-16/h5-6,15-18,20H,2-4,7-14H2,1H3. The number of amides is 1. The first-order valence-corrected chi connectivity index (χ1v) is 12.4. The number of hydrogen-bond donors (Lipinski definition) is 0. The van der Waals surface area contributed by atoms with Gasteiger partial charge in [0.05, 0.1) is 12.8 Å². The van der Waals surface area contributed by atoms with Crippen molar-refractivity contribution in [2.45, 2.75) is 56.3 Å². The zero-order chi connectivity index (χ0) is 19.5. The first-order chi connectivity index (χ1) is 13.6. The van der Waals surface area contributed by atoms with Gasteiger partial charge in [-0.2, -0.15) is 0 Å². The average molecular weight is 405 g/mol. The molecular formula is C22H32N2O3S. The molecule has 1 amide bonds. The number of rotatable bonds is 8. The Morgan fingerprint density at radius 2 is 2.07 bits per heavy atom. The van der Waals surface area contributed by atoms with Gasteiger partial charge in [0.15, 0.2) is 4.90 Å². The molecule has 3 aliphatic rings. The van der Waals surface area contributed by atoms with Crippen LogP contribution in [-0.2, 0) is 16.0 Å².